The van der Waals surface area contributed by atoms with Crippen molar-refractivity contribution in [1.29, 1.82) is 0 Å². The van der Waals surface area contributed by atoms with Crippen molar-refractivity contribution >= 4 is 30.2 Å². The Bertz CT molecular complexity index is 62.7. The molecule has 0 atom stereocenters. The van der Waals surface area contributed by atoms with Crippen molar-refractivity contribution in [1.82, 2.24) is 0 Å². The Hall–Kier alpha value is 0.370. The molecule has 0 unspecified atom stereocenters. The van der Waals surface area contributed by atoms with Gasteiger partial charge >= 0.3 is 0 Å². The lowest BCUT2D eigenvalue weighted by Gasteiger charge is -1.86. The minimum atomic E-state index is 0.221. The highest BCUT2D eigenvalue weighted by atomic mass is 32.2. The van der Waals surface area contributed by atoms with Crippen LogP contribution in [0.2, 0.25) is 0 Å². The van der Waals surface area contributed by atoms with Crippen molar-refractivity contribution in [2.75, 3.05) is 10.8 Å². The second-order valence-corrected chi connectivity index (χ2v) is 2.91. The molecule has 0 aromatic heterocycles. The maximum atomic E-state index is 10.1. The maximum Gasteiger partial charge on any atom is 0.139 e. The molecular formula is C4H8OS2. The summed E-state index contributed by atoms with van der Waals surface area (Å²) in [5.41, 5.74) is 0. The van der Waals surface area contributed by atoms with E-state index >= 15 is 0 Å². The number of carbonyl (C=O) groups excluding carboxylic acids is 1. The molecule has 0 aliphatic heterocycles. The minimum Gasteiger partial charge on any atom is -0.299 e. The lowest BCUT2D eigenvalue weighted by atomic mass is 10.5. The van der Waals surface area contributed by atoms with Crippen molar-refractivity contribution in [3.63, 3.8) is 0 Å². The van der Waals surface area contributed by atoms with Crippen LogP contribution in [-0.4, -0.2) is 16.6 Å². The summed E-state index contributed by atoms with van der Waals surface area (Å²) in [7, 11) is 0. The number of rotatable bonds is 3. The molecule has 0 aromatic carbocycles. The van der Waals surface area contributed by atoms with E-state index in [1.807, 2.05) is 0 Å². The Balaban J connectivity index is 2.82. The van der Waals surface area contributed by atoms with E-state index in [0.717, 1.165) is 5.08 Å². The van der Waals surface area contributed by atoms with Crippen molar-refractivity contribution in [3.05, 3.63) is 0 Å². The zero-order chi connectivity index (χ0) is 5.70. The fraction of sp³-hybridized carbons (Fsp3) is 0.750. The van der Waals surface area contributed by atoms with Gasteiger partial charge in [-0.05, 0) is 6.92 Å². The molecule has 0 heterocycles. The molecule has 0 saturated heterocycles. The summed E-state index contributed by atoms with van der Waals surface area (Å²) < 4.78 is 0. The normalized spacial score (nSPS) is 8.86. The van der Waals surface area contributed by atoms with Gasteiger partial charge in [0, 0.05) is 5.08 Å². The van der Waals surface area contributed by atoms with Crippen LogP contribution in [0, 0.1) is 0 Å². The first kappa shape index (κ1) is 7.37. The van der Waals surface area contributed by atoms with E-state index in [-0.39, 0.29) is 5.78 Å². The second kappa shape index (κ2) is 4.53. The number of Topliss-reactive ketones (excluding diaryl/α,β-unsaturated/α-hetero) is 1. The van der Waals surface area contributed by atoms with E-state index < -0.39 is 0 Å². The first-order valence-electron chi connectivity index (χ1n) is 1.95. The van der Waals surface area contributed by atoms with Gasteiger partial charge in [-0.15, -0.1) is 11.8 Å². The third-order valence-corrected chi connectivity index (χ3v) is 1.74. The summed E-state index contributed by atoms with van der Waals surface area (Å²) >= 11 is 5.44. The maximum absolute atomic E-state index is 10.1. The molecule has 0 aliphatic carbocycles. The zero-order valence-electron chi connectivity index (χ0n) is 4.18. The van der Waals surface area contributed by atoms with E-state index in [1.165, 1.54) is 11.8 Å². The Morgan fingerprint density at radius 3 is 2.57 bits per heavy atom. The molecule has 0 N–H and O–H groups in total. The monoisotopic (exact) mass is 136 g/mol. The molecule has 7 heavy (non-hydrogen) atoms. The van der Waals surface area contributed by atoms with E-state index in [2.05, 4.69) is 12.6 Å². The fourth-order valence-corrected chi connectivity index (χ4v) is 0.842. The van der Waals surface area contributed by atoms with Crippen LogP contribution >= 0.6 is 24.4 Å². The van der Waals surface area contributed by atoms with Gasteiger partial charge in [-0.25, -0.2) is 0 Å². The molecule has 0 aliphatic rings. The molecule has 42 valence electrons. The summed E-state index contributed by atoms with van der Waals surface area (Å²) in [5.74, 6) is 0.822. The molecule has 0 amide bonds. The molecule has 0 rings (SSSR count). The first-order valence-corrected chi connectivity index (χ1v) is 3.74. The highest BCUT2D eigenvalue weighted by Crippen LogP contribution is 1.99. The molecule has 0 radical (unpaired) electrons. The van der Waals surface area contributed by atoms with Crippen LogP contribution in [-0.2, 0) is 4.79 Å². The van der Waals surface area contributed by atoms with Crippen LogP contribution < -0.4 is 0 Å². The van der Waals surface area contributed by atoms with Gasteiger partial charge in [0.1, 0.15) is 5.78 Å². The van der Waals surface area contributed by atoms with Gasteiger partial charge in [0.2, 0.25) is 0 Å². The van der Waals surface area contributed by atoms with Crippen molar-refractivity contribution in [3.8, 4) is 0 Å². The SMILES string of the molecule is CC(=O)CSCS. The second-order valence-electron chi connectivity index (χ2n) is 1.18. The van der Waals surface area contributed by atoms with Crippen LogP contribution in [0.15, 0.2) is 0 Å². The largest absolute Gasteiger partial charge is 0.299 e. The Morgan fingerprint density at radius 2 is 2.43 bits per heavy atom. The summed E-state index contributed by atoms with van der Waals surface area (Å²) in [6.07, 6.45) is 0. The molecule has 0 spiro atoms. The van der Waals surface area contributed by atoms with Crippen LogP contribution in [0.1, 0.15) is 6.92 Å². The van der Waals surface area contributed by atoms with Crippen molar-refractivity contribution in [2.24, 2.45) is 0 Å². The summed E-state index contributed by atoms with van der Waals surface area (Å²) in [6.45, 7) is 1.58. The zero-order valence-corrected chi connectivity index (χ0v) is 5.89. The summed E-state index contributed by atoms with van der Waals surface area (Å²) in [4.78, 5) is 10.1. The summed E-state index contributed by atoms with van der Waals surface area (Å²) in [6, 6.07) is 0. The molecule has 0 bridgehead atoms. The fourth-order valence-electron chi connectivity index (χ4n) is 0.189. The smallest absolute Gasteiger partial charge is 0.139 e. The number of hydrogen-bond donors (Lipinski definition) is 1. The number of thiol groups is 1. The highest BCUT2D eigenvalue weighted by Gasteiger charge is 1.87. The number of ketones is 1. The predicted octanol–water partition coefficient (Wildman–Crippen LogP) is 1.20. The van der Waals surface area contributed by atoms with Crippen LogP contribution in [0.3, 0.4) is 0 Å². The average molecular weight is 136 g/mol. The standard InChI is InChI=1S/C4H8OS2/c1-4(5)2-7-3-6/h6H,2-3H2,1H3. The van der Waals surface area contributed by atoms with Gasteiger partial charge in [-0.3, -0.25) is 4.79 Å². The third kappa shape index (κ3) is 6.37. The molecular weight excluding hydrogens is 128 g/mol. The number of carbonyl (C=O) groups is 1. The Kier molecular flexibility index (Phi) is 4.77. The van der Waals surface area contributed by atoms with Crippen molar-refractivity contribution < 1.29 is 4.79 Å². The average Bonchev–Trinajstić information content (AvgIpc) is 1.61. The third-order valence-electron chi connectivity index (χ3n) is 0.397. The van der Waals surface area contributed by atoms with E-state index in [4.69, 9.17) is 0 Å². The topological polar surface area (TPSA) is 17.1 Å². The summed E-state index contributed by atoms with van der Waals surface area (Å²) in [5, 5.41) is 0.736. The van der Waals surface area contributed by atoms with Gasteiger partial charge in [-0.1, -0.05) is 0 Å². The Labute approximate surface area is 53.3 Å². The number of thioether (sulfide) groups is 1. The van der Waals surface area contributed by atoms with Crippen LogP contribution in [0.25, 0.3) is 0 Å². The number of hydrogen-bond acceptors (Lipinski definition) is 3. The van der Waals surface area contributed by atoms with Gasteiger partial charge in [-0.2, -0.15) is 12.6 Å². The molecule has 0 saturated carbocycles. The quantitative estimate of drug-likeness (QED) is 0.464. The lowest BCUT2D eigenvalue weighted by Crippen LogP contribution is -1.91. The van der Waals surface area contributed by atoms with Gasteiger partial charge in [0.05, 0.1) is 5.75 Å². The molecule has 1 nitrogen and oxygen atoms in total. The minimum absolute atomic E-state index is 0.221. The van der Waals surface area contributed by atoms with Gasteiger partial charge in [0.25, 0.3) is 0 Å². The highest BCUT2D eigenvalue weighted by molar-refractivity contribution is 8.09. The molecule has 0 aromatic rings. The van der Waals surface area contributed by atoms with Gasteiger partial charge in [0.15, 0.2) is 0 Å². The van der Waals surface area contributed by atoms with Crippen LogP contribution in [0.4, 0.5) is 0 Å². The van der Waals surface area contributed by atoms with E-state index in [0.29, 0.717) is 5.75 Å². The van der Waals surface area contributed by atoms with E-state index in [1.54, 1.807) is 6.92 Å². The van der Waals surface area contributed by atoms with E-state index in [9.17, 15) is 4.79 Å². The predicted molar refractivity (Wildman–Crippen MR) is 37.0 cm³/mol. The molecule has 3 heteroatoms. The molecule has 0 fully saturated rings. The van der Waals surface area contributed by atoms with Gasteiger partial charge < -0.3 is 0 Å². The lowest BCUT2D eigenvalue weighted by molar-refractivity contribution is -0.114. The Morgan fingerprint density at radius 1 is 1.86 bits per heavy atom. The first-order chi connectivity index (χ1) is 3.27. The van der Waals surface area contributed by atoms with Crippen LogP contribution in [0.5, 0.6) is 0 Å². The van der Waals surface area contributed by atoms with Crippen molar-refractivity contribution in [2.45, 2.75) is 6.92 Å².